The monoisotopic (exact) mass is 243 g/mol. The molecule has 1 aliphatic carbocycles. The minimum atomic E-state index is -0.336. The van der Waals surface area contributed by atoms with Crippen molar-refractivity contribution in [3.63, 3.8) is 0 Å². The Kier molecular flexibility index (Phi) is 2.51. The molecule has 94 valence electrons. The second kappa shape index (κ2) is 3.94. The van der Waals surface area contributed by atoms with Gasteiger partial charge in [-0.3, -0.25) is 14.9 Å². The molecule has 0 bridgehead atoms. The molecule has 1 N–H and O–H groups in total. The highest BCUT2D eigenvalue weighted by atomic mass is 16.2. The fourth-order valence-electron chi connectivity index (χ4n) is 3.17. The Balaban J connectivity index is 1.98. The highest BCUT2D eigenvalue weighted by molar-refractivity contribution is 5.99. The second-order valence-electron chi connectivity index (χ2n) is 5.72. The molecule has 1 saturated heterocycles. The molecule has 0 radical (unpaired) electrons. The first-order valence-electron chi connectivity index (χ1n) is 6.52. The van der Waals surface area contributed by atoms with Crippen LogP contribution in [0.4, 0.5) is 0 Å². The van der Waals surface area contributed by atoms with Crippen molar-refractivity contribution in [3.05, 3.63) is 34.9 Å². The fourth-order valence-corrected chi connectivity index (χ4v) is 3.17. The summed E-state index contributed by atoms with van der Waals surface area (Å²) in [7, 11) is 0. The minimum Gasteiger partial charge on any atom is -0.296 e. The summed E-state index contributed by atoms with van der Waals surface area (Å²) in [4.78, 5) is 23.1. The van der Waals surface area contributed by atoms with Gasteiger partial charge in [0, 0.05) is 18.3 Å². The SMILES string of the molecule is CC1(c2ccc3c(c2)CCC3)CC(=O)NC(=O)C1. The molecule has 2 amide bonds. The van der Waals surface area contributed by atoms with E-state index in [0.29, 0.717) is 12.8 Å². The van der Waals surface area contributed by atoms with Gasteiger partial charge in [0.1, 0.15) is 0 Å². The van der Waals surface area contributed by atoms with Gasteiger partial charge in [-0.1, -0.05) is 25.1 Å². The predicted octanol–water partition coefficient (Wildman–Crippen LogP) is 1.87. The maximum atomic E-state index is 11.6. The van der Waals surface area contributed by atoms with Crippen molar-refractivity contribution in [3.8, 4) is 0 Å². The van der Waals surface area contributed by atoms with E-state index in [9.17, 15) is 9.59 Å². The van der Waals surface area contributed by atoms with Gasteiger partial charge in [-0.05, 0) is 36.0 Å². The molecule has 3 nitrogen and oxygen atoms in total. The van der Waals surface area contributed by atoms with E-state index in [1.165, 1.54) is 17.5 Å². The summed E-state index contributed by atoms with van der Waals surface area (Å²) in [6.45, 7) is 2.01. The van der Waals surface area contributed by atoms with Gasteiger partial charge in [-0.25, -0.2) is 0 Å². The summed E-state index contributed by atoms with van der Waals surface area (Å²) in [5.41, 5.74) is 3.62. The van der Waals surface area contributed by atoms with Crippen LogP contribution in [0, 0.1) is 0 Å². The third-order valence-corrected chi connectivity index (χ3v) is 4.18. The molecule has 0 saturated carbocycles. The summed E-state index contributed by atoms with van der Waals surface area (Å²) in [5.74, 6) is -0.316. The number of hydrogen-bond acceptors (Lipinski definition) is 2. The largest absolute Gasteiger partial charge is 0.296 e. The van der Waals surface area contributed by atoms with Crippen molar-refractivity contribution in [1.29, 1.82) is 0 Å². The lowest BCUT2D eigenvalue weighted by atomic mass is 9.74. The Morgan fingerprint density at radius 1 is 1.06 bits per heavy atom. The molecule has 3 heteroatoms. The van der Waals surface area contributed by atoms with Gasteiger partial charge in [0.25, 0.3) is 0 Å². The number of carbonyl (C=O) groups is 2. The van der Waals surface area contributed by atoms with Crippen LogP contribution in [0.1, 0.15) is 42.9 Å². The average Bonchev–Trinajstić information content (AvgIpc) is 2.73. The second-order valence-corrected chi connectivity index (χ2v) is 5.72. The number of imide groups is 1. The van der Waals surface area contributed by atoms with Crippen LogP contribution < -0.4 is 5.32 Å². The van der Waals surface area contributed by atoms with Crippen LogP contribution in [0.2, 0.25) is 0 Å². The molecule has 2 aliphatic rings. The van der Waals surface area contributed by atoms with Crippen LogP contribution in [-0.2, 0) is 27.8 Å². The number of rotatable bonds is 1. The number of nitrogens with one attached hydrogen (secondary N) is 1. The first-order chi connectivity index (χ1) is 8.57. The fraction of sp³-hybridized carbons (Fsp3) is 0.467. The van der Waals surface area contributed by atoms with E-state index in [4.69, 9.17) is 0 Å². The van der Waals surface area contributed by atoms with Crippen molar-refractivity contribution >= 4 is 11.8 Å². The minimum absolute atomic E-state index is 0.158. The van der Waals surface area contributed by atoms with E-state index in [0.717, 1.165) is 18.4 Å². The smallest absolute Gasteiger partial charge is 0.227 e. The molecule has 0 aromatic heterocycles. The summed E-state index contributed by atoms with van der Waals surface area (Å²) in [6, 6.07) is 6.46. The topological polar surface area (TPSA) is 46.2 Å². The maximum Gasteiger partial charge on any atom is 0.227 e. The average molecular weight is 243 g/mol. The van der Waals surface area contributed by atoms with Crippen LogP contribution in [0.15, 0.2) is 18.2 Å². The molecule has 18 heavy (non-hydrogen) atoms. The van der Waals surface area contributed by atoms with Crippen molar-refractivity contribution in [2.75, 3.05) is 0 Å². The zero-order valence-corrected chi connectivity index (χ0v) is 10.6. The Morgan fingerprint density at radius 3 is 2.44 bits per heavy atom. The van der Waals surface area contributed by atoms with E-state index in [1.807, 2.05) is 6.92 Å². The first kappa shape index (κ1) is 11.5. The van der Waals surface area contributed by atoms with Crippen LogP contribution >= 0.6 is 0 Å². The van der Waals surface area contributed by atoms with Crippen molar-refractivity contribution in [2.45, 2.75) is 44.4 Å². The van der Waals surface area contributed by atoms with E-state index in [1.54, 1.807) is 0 Å². The standard InChI is InChI=1S/C15H17NO2/c1-15(8-13(17)16-14(18)9-15)12-6-5-10-3-2-4-11(10)7-12/h5-7H,2-4,8-9H2,1H3,(H,16,17,18). The molecule has 0 spiro atoms. The normalized spacial score (nSPS) is 21.6. The number of amides is 2. The van der Waals surface area contributed by atoms with Crippen molar-refractivity contribution in [2.24, 2.45) is 0 Å². The molecule has 1 aliphatic heterocycles. The summed E-state index contributed by atoms with van der Waals surface area (Å²) < 4.78 is 0. The Hall–Kier alpha value is -1.64. The highest BCUT2D eigenvalue weighted by Gasteiger charge is 2.37. The van der Waals surface area contributed by atoms with Crippen molar-refractivity contribution in [1.82, 2.24) is 5.32 Å². The van der Waals surface area contributed by atoms with E-state index < -0.39 is 0 Å². The molecule has 1 aromatic carbocycles. The van der Waals surface area contributed by atoms with Crippen LogP contribution in [0.5, 0.6) is 0 Å². The summed E-state index contributed by atoms with van der Waals surface area (Å²) >= 11 is 0. The number of piperidine rings is 1. The third-order valence-electron chi connectivity index (χ3n) is 4.18. The van der Waals surface area contributed by atoms with Gasteiger partial charge in [-0.15, -0.1) is 0 Å². The highest BCUT2D eigenvalue weighted by Crippen LogP contribution is 2.36. The van der Waals surface area contributed by atoms with Crippen molar-refractivity contribution < 1.29 is 9.59 Å². The Bertz CT molecular complexity index is 517. The van der Waals surface area contributed by atoms with E-state index in [-0.39, 0.29) is 17.2 Å². The zero-order chi connectivity index (χ0) is 12.8. The molecule has 0 unspecified atom stereocenters. The quantitative estimate of drug-likeness (QED) is 0.765. The van der Waals surface area contributed by atoms with E-state index >= 15 is 0 Å². The number of aryl methyl sites for hydroxylation is 2. The van der Waals surface area contributed by atoms with Gasteiger partial charge in [0.15, 0.2) is 0 Å². The molecule has 1 aromatic rings. The van der Waals surface area contributed by atoms with Gasteiger partial charge in [0.05, 0.1) is 0 Å². The zero-order valence-electron chi connectivity index (χ0n) is 10.6. The first-order valence-corrected chi connectivity index (χ1v) is 6.52. The maximum absolute atomic E-state index is 11.6. The van der Waals surface area contributed by atoms with E-state index in [2.05, 4.69) is 23.5 Å². The molecule has 1 heterocycles. The predicted molar refractivity (Wildman–Crippen MR) is 68.2 cm³/mol. The van der Waals surface area contributed by atoms with Crippen LogP contribution in [0.3, 0.4) is 0 Å². The van der Waals surface area contributed by atoms with Gasteiger partial charge in [0.2, 0.25) is 11.8 Å². The number of hydrogen-bond donors (Lipinski definition) is 1. The molecule has 1 fully saturated rings. The molecule has 0 atom stereocenters. The number of fused-ring (bicyclic) bond motifs is 1. The Morgan fingerprint density at radius 2 is 1.72 bits per heavy atom. The molecule has 3 rings (SSSR count). The van der Waals surface area contributed by atoms with Gasteiger partial charge >= 0.3 is 0 Å². The lowest BCUT2D eigenvalue weighted by Gasteiger charge is -2.33. The lowest BCUT2D eigenvalue weighted by molar-refractivity contribution is -0.135. The summed E-state index contributed by atoms with van der Waals surface area (Å²) in [5, 5.41) is 2.38. The number of benzene rings is 1. The molecular formula is C15H17NO2. The molecular weight excluding hydrogens is 226 g/mol. The van der Waals surface area contributed by atoms with Crippen LogP contribution in [0.25, 0.3) is 0 Å². The summed E-state index contributed by atoms with van der Waals surface area (Å²) in [6.07, 6.45) is 4.30. The Labute approximate surface area is 107 Å². The van der Waals surface area contributed by atoms with Gasteiger partial charge in [-0.2, -0.15) is 0 Å². The van der Waals surface area contributed by atoms with Gasteiger partial charge < -0.3 is 0 Å². The van der Waals surface area contributed by atoms with Crippen LogP contribution in [-0.4, -0.2) is 11.8 Å². The third kappa shape index (κ3) is 1.84. The lowest BCUT2D eigenvalue weighted by Crippen LogP contribution is -2.45. The number of carbonyl (C=O) groups excluding carboxylic acids is 2.